The van der Waals surface area contributed by atoms with E-state index in [2.05, 4.69) is 126 Å². The zero-order valence-electron chi connectivity index (χ0n) is 27.3. The molecule has 2 atom stereocenters. The number of para-hydroxylation sites is 1. The van der Waals surface area contributed by atoms with Crippen molar-refractivity contribution in [1.29, 1.82) is 0 Å². The number of hydrogen-bond acceptors (Lipinski definition) is 5. The minimum absolute atomic E-state index is 0.0257. The van der Waals surface area contributed by atoms with E-state index >= 15 is 0 Å². The molecule has 51 heavy (non-hydrogen) atoms. The number of hydrogen-bond donors (Lipinski definition) is 0. The molecule has 0 saturated carbocycles. The van der Waals surface area contributed by atoms with E-state index < -0.39 is 0 Å². The van der Waals surface area contributed by atoms with E-state index in [1.165, 1.54) is 31.8 Å². The zero-order valence-corrected chi connectivity index (χ0v) is 28.1. The SMILES string of the molecule is C1=CC2Oc3cc4c5ccccc5n(-c5cc(-c6nc(-c7ccccc7)nc(-c7ccccc7)n6)c6sc7ccccc7c6c5)c4cc3C2C=C1. The molecule has 0 fully saturated rings. The van der Waals surface area contributed by atoms with Gasteiger partial charge in [-0.1, -0.05) is 115 Å². The second kappa shape index (κ2) is 11.1. The highest BCUT2D eigenvalue weighted by atomic mass is 32.1. The summed E-state index contributed by atoms with van der Waals surface area (Å²) in [5, 5.41) is 4.76. The molecule has 9 aromatic rings. The number of ether oxygens (including phenoxy) is 1. The monoisotopic (exact) mass is 672 g/mol. The molecule has 6 heteroatoms. The summed E-state index contributed by atoms with van der Waals surface area (Å²) < 4.78 is 11.3. The van der Waals surface area contributed by atoms with E-state index in [9.17, 15) is 0 Å². The van der Waals surface area contributed by atoms with Crippen LogP contribution in [-0.4, -0.2) is 25.6 Å². The molecule has 0 N–H and O–H groups in total. The maximum absolute atomic E-state index is 6.48. The van der Waals surface area contributed by atoms with Crippen LogP contribution in [0.4, 0.5) is 0 Å². The van der Waals surface area contributed by atoms with Crippen molar-refractivity contribution in [1.82, 2.24) is 19.5 Å². The zero-order chi connectivity index (χ0) is 33.5. The van der Waals surface area contributed by atoms with E-state index in [1.807, 2.05) is 36.4 Å². The van der Waals surface area contributed by atoms with Gasteiger partial charge in [0.25, 0.3) is 0 Å². The summed E-state index contributed by atoms with van der Waals surface area (Å²) in [6.45, 7) is 0. The van der Waals surface area contributed by atoms with Crippen LogP contribution in [0, 0.1) is 0 Å². The lowest BCUT2D eigenvalue weighted by Gasteiger charge is -2.14. The quantitative estimate of drug-likeness (QED) is 0.187. The minimum Gasteiger partial charge on any atom is -0.485 e. The highest BCUT2D eigenvalue weighted by molar-refractivity contribution is 7.26. The van der Waals surface area contributed by atoms with Crippen LogP contribution >= 0.6 is 11.3 Å². The van der Waals surface area contributed by atoms with Gasteiger partial charge in [0.1, 0.15) is 11.9 Å². The van der Waals surface area contributed by atoms with Crippen molar-refractivity contribution in [2.75, 3.05) is 0 Å². The van der Waals surface area contributed by atoms with E-state index in [0.717, 1.165) is 43.9 Å². The number of benzene rings is 6. The third-order valence-corrected chi connectivity index (χ3v) is 11.4. The third kappa shape index (κ3) is 4.43. The fourth-order valence-electron chi connectivity index (χ4n) is 7.81. The van der Waals surface area contributed by atoms with Crippen LogP contribution in [0.2, 0.25) is 0 Å². The fraction of sp³-hybridized carbons (Fsp3) is 0.0444. The highest BCUT2D eigenvalue weighted by Gasteiger charge is 2.33. The van der Waals surface area contributed by atoms with E-state index in [-0.39, 0.29) is 12.0 Å². The molecule has 4 heterocycles. The van der Waals surface area contributed by atoms with E-state index in [1.54, 1.807) is 11.3 Å². The maximum Gasteiger partial charge on any atom is 0.165 e. The molecule has 0 bridgehead atoms. The highest BCUT2D eigenvalue weighted by Crippen LogP contribution is 2.47. The first-order valence-corrected chi connectivity index (χ1v) is 18.0. The Balaban J connectivity index is 1.22. The first kappa shape index (κ1) is 28.5. The largest absolute Gasteiger partial charge is 0.485 e. The Labute approximate surface area is 297 Å². The molecule has 3 aromatic heterocycles. The molecule has 0 saturated heterocycles. The van der Waals surface area contributed by atoms with Gasteiger partial charge in [0, 0.05) is 64.8 Å². The lowest BCUT2D eigenvalue weighted by molar-refractivity contribution is 0.269. The number of fused-ring (bicyclic) bond motifs is 9. The van der Waals surface area contributed by atoms with Crippen molar-refractivity contribution in [3.63, 3.8) is 0 Å². The van der Waals surface area contributed by atoms with Crippen molar-refractivity contribution in [3.8, 4) is 45.6 Å². The molecule has 2 unspecified atom stereocenters. The summed E-state index contributed by atoms with van der Waals surface area (Å²) >= 11 is 1.79. The summed E-state index contributed by atoms with van der Waals surface area (Å²) in [6, 6.07) is 46.9. The maximum atomic E-state index is 6.48. The van der Waals surface area contributed by atoms with Gasteiger partial charge < -0.3 is 9.30 Å². The molecule has 240 valence electrons. The Morgan fingerprint density at radius 2 is 1.22 bits per heavy atom. The molecule has 11 rings (SSSR count). The van der Waals surface area contributed by atoms with Gasteiger partial charge in [0.2, 0.25) is 0 Å². The van der Waals surface area contributed by atoms with Gasteiger partial charge in [0.05, 0.1) is 11.0 Å². The Kier molecular flexibility index (Phi) is 6.18. The fourth-order valence-corrected chi connectivity index (χ4v) is 9.01. The number of thiophene rings is 1. The number of rotatable bonds is 4. The summed E-state index contributed by atoms with van der Waals surface area (Å²) in [5.74, 6) is 3.10. The molecule has 5 nitrogen and oxygen atoms in total. The molecular weight excluding hydrogens is 645 g/mol. The van der Waals surface area contributed by atoms with Crippen LogP contribution in [0.15, 0.2) is 158 Å². The number of allylic oxidation sites excluding steroid dienone is 2. The molecule has 2 aliphatic rings. The smallest absolute Gasteiger partial charge is 0.165 e. The Hall–Kier alpha value is -6.37. The van der Waals surface area contributed by atoms with E-state index in [0.29, 0.717) is 17.5 Å². The summed E-state index contributed by atoms with van der Waals surface area (Å²) in [7, 11) is 0. The Bertz CT molecular complexity index is 2850. The Morgan fingerprint density at radius 3 is 2.00 bits per heavy atom. The second-order valence-electron chi connectivity index (χ2n) is 13.1. The predicted octanol–water partition coefficient (Wildman–Crippen LogP) is 11.3. The van der Waals surface area contributed by atoms with Crippen LogP contribution in [0.3, 0.4) is 0 Å². The van der Waals surface area contributed by atoms with Gasteiger partial charge in [-0.2, -0.15) is 0 Å². The number of aromatic nitrogens is 4. The van der Waals surface area contributed by atoms with Crippen LogP contribution < -0.4 is 4.74 Å². The van der Waals surface area contributed by atoms with Crippen molar-refractivity contribution < 1.29 is 4.74 Å². The first-order valence-electron chi connectivity index (χ1n) is 17.2. The summed E-state index contributed by atoms with van der Waals surface area (Å²) in [4.78, 5) is 15.4. The normalized spacial score (nSPS) is 16.2. The van der Waals surface area contributed by atoms with Gasteiger partial charge in [-0.3, -0.25) is 0 Å². The van der Waals surface area contributed by atoms with Crippen LogP contribution in [-0.2, 0) is 0 Å². The molecule has 0 amide bonds. The lowest BCUT2D eigenvalue weighted by atomic mass is 9.91. The second-order valence-corrected chi connectivity index (χ2v) is 14.2. The van der Waals surface area contributed by atoms with Crippen molar-refractivity contribution >= 4 is 53.3 Å². The van der Waals surface area contributed by atoms with Crippen molar-refractivity contribution in [2.24, 2.45) is 0 Å². The third-order valence-electron chi connectivity index (χ3n) is 10.2. The standard InChI is InChI=1S/C45H28N4OS/c1-3-13-27(14-4-1)43-46-44(28-15-5-2-6-16-28)48-45(47-43)36-24-29(23-35-32-19-9-12-22-41(32)51-42(35)36)49-37-20-10-7-17-30(37)33-26-40-34(25-38(33)49)31-18-8-11-21-39(31)50-40/h1-26,31,39H. The minimum atomic E-state index is 0.0257. The van der Waals surface area contributed by atoms with Crippen LogP contribution in [0.1, 0.15) is 11.5 Å². The summed E-state index contributed by atoms with van der Waals surface area (Å²) in [6.07, 6.45) is 8.65. The number of nitrogens with zero attached hydrogens (tertiary/aromatic N) is 4. The summed E-state index contributed by atoms with van der Waals surface area (Å²) in [5.41, 5.74) is 7.45. The van der Waals surface area contributed by atoms with Crippen molar-refractivity contribution in [2.45, 2.75) is 12.0 Å². The Morgan fingerprint density at radius 1 is 0.549 bits per heavy atom. The first-order chi connectivity index (χ1) is 25.3. The van der Waals surface area contributed by atoms with Gasteiger partial charge >= 0.3 is 0 Å². The molecule has 1 aliphatic carbocycles. The van der Waals surface area contributed by atoms with Crippen LogP contribution in [0.5, 0.6) is 5.75 Å². The average Bonchev–Trinajstić information content (AvgIpc) is 3.86. The molecule has 0 radical (unpaired) electrons. The van der Waals surface area contributed by atoms with Crippen LogP contribution in [0.25, 0.3) is 81.8 Å². The van der Waals surface area contributed by atoms with Crippen molar-refractivity contribution in [3.05, 3.63) is 163 Å². The van der Waals surface area contributed by atoms with Gasteiger partial charge in [0.15, 0.2) is 17.5 Å². The molecular formula is C45H28N4OS. The van der Waals surface area contributed by atoms with Gasteiger partial charge in [-0.05, 0) is 42.5 Å². The van der Waals surface area contributed by atoms with Gasteiger partial charge in [-0.25, -0.2) is 15.0 Å². The molecule has 0 spiro atoms. The van der Waals surface area contributed by atoms with E-state index in [4.69, 9.17) is 19.7 Å². The molecule has 1 aliphatic heterocycles. The average molecular weight is 673 g/mol. The topological polar surface area (TPSA) is 52.8 Å². The lowest BCUT2D eigenvalue weighted by Crippen LogP contribution is -2.15. The predicted molar refractivity (Wildman–Crippen MR) is 209 cm³/mol. The molecule has 6 aromatic carbocycles. The van der Waals surface area contributed by atoms with Gasteiger partial charge in [-0.15, -0.1) is 11.3 Å².